The van der Waals surface area contributed by atoms with Crippen molar-refractivity contribution >= 4 is 21.7 Å². The maximum atomic E-state index is 13.4. The standard InChI is InChI=1S/C25H26N4O4S/c1-18(30)19-9-11-22(12-10-19)34(32,33)28-15-13-27(14-16-28)25(31)24-17-23(20-7-8-20)26-29(24)21-5-3-2-4-6-21/h2-6,9-12,17,20H,7-8,13-16H2,1H3. The Bertz CT molecular complexity index is 1320. The van der Waals surface area contributed by atoms with Crippen molar-refractivity contribution in [1.82, 2.24) is 19.0 Å². The van der Waals surface area contributed by atoms with Crippen LogP contribution in [0.25, 0.3) is 5.69 Å². The van der Waals surface area contributed by atoms with E-state index in [1.165, 1.54) is 35.5 Å². The number of nitrogens with zero attached hydrogens (tertiary/aromatic N) is 4. The minimum Gasteiger partial charge on any atom is -0.335 e. The number of carbonyl (C=O) groups excluding carboxylic acids is 2. The molecule has 2 aromatic carbocycles. The number of benzene rings is 2. The van der Waals surface area contributed by atoms with Crippen LogP contribution in [-0.4, -0.2) is 65.3 Å². The molecule has 1 aliphatic heterocycles. The van der Waals surface area contributed by atoms with Gasteiger partial charge < -0.3 is 4.90 Å². The Morgan fingerprint density at radius 3 is 2.15 bits per heavy atom. The molecule has 0 bridgehead atoms. The zero-order valence-corrected chi connectivity index (χ0v) is 19.7. The van der Waals surface area contributed by atoms with Gasteiger partial charge in [-0.3, -0.25) is 9.59 Å². The molecule has 1 amide bonds. The first-order valence-corrected chi connectivity index (χ1v) is 12.8. The van der Waals surface area contributed by atoms with Gasteiger partial charge in [-0.25, -0.2) is 13.1 Å². The van der Waals surface area contributed by atoms with E-state index in [4.69, 9.17) is 5.10 Å². The Labute approximate surface area is 198 Å². The molecule has 3 aromatic rings. The molecule has 9 heteroatoms. The van der Waals surface area contributed by atoms with Crippen LogP contribution in [-0.2, 0) is 10.0 Å². The second-order valence-corrected chi connectivity index (χ2v) is 10.7. The van der Waals surface area contributed by atoms with Crippen LogP contribution in [0.5, 0.6) is 0 Å². The van der Waals surface area contributed by atoms with Gasteiger partial charge in [-0.15, -0.1) is 0 Å². The Kier molecular flexibility index (Phi) is 5.83. The van der Waals surface area contributed by atoms with E-state index in [9.17, 15) is 18.0 Å². The van der Waals surface area contributed by atoms with Crippen molar-refractivity contribution in [2.75, 3.05) is 26.2 Å². The number of ketones is 1. The minimum absolute atomic E-state index is 0.115. The summed E-state index contributed by atoms with van der Waals surface area (Å²) >= 11 is 0. The zero-order chi connectivity index (χ0) is 23.9. The largest absolute Gasteiger partial charge is 0.335 e. The molecule has 34 heavy (non-hydrogen) atoms. The van der Waals surface area contributed by atoms with Crippen LogP contribution in [0.3, 0.4) is 0 Å². The van der Waals surface area contributed by atoms with Crippen LogP contribution in [0.15, 0.2) is 65.6 Å². The van der Waals surface area contributed by atoms with Crippen molar-refractivity contribution in [3.8, 4) is 5.69 Å². The fourth-order valence-corrected chi connectivity index (χ4v) is 5.62. The summed E-state index contributed by atoms with van der Waals surface area (Å²) in [5.41, 5.74) is 2.73. The first-order chi connectivity index (χ1) is 16.3. The predicted molar refractivity (Wildman–Crippen MR) is 127 cm³/mol. The normalized spacial score (nSPS) is 17.0. The lowest BCUT2D eigenvalue weighted by Crippen LogP contribution is -2.50. The molecule has 2 heterocycles. The molecule has 0 radical (unpaired) electrons. The topological polar surface area (TPSA) is 92.6 Å². The average molecular weight is 479 g/mol. The number of para-hydroxylation sites is 1. The minimum atomic E-state index is -3.70. The fraction of sp³-hybridized carbons (Fsp3) is 0.320. The van der Waals surface area contributed by atoms with Crippen LogP contribution < -0.4 is 0 Å². The maximum absolute atomic E-state index is 13.4. The van der Waals surface area contributed by atoms with Crippen molar-refractivity contribution < 1.29 is 18.0 Å². The van der Waals surface area contributed by atoms with E-state index in [0.29, 0.717) is 30.3 Å². The third-order valence-corrected chi connectivity index (χ3v) is 8.28. The number of hydrogen-bond donors (Lipinski definition) is 0. The lowest BCUT2D eigenvalue weighted by atomic mass is 10.2. The second kappa shape index (κ2) is 8.81. The molecule has 0 spiro atoms. The van der Waals surface area contributed by atoms with Crippen LogP contribution in [0.1, 0.15) is 52.2 Å². The molecular formula is C25H26N4O4S. The molecule has 1 aliphatic carbocycles. The number of hydrogen-bond acceptors (Lipinski definition) is 5. The van der Waals surface area contributed by atoms with Gasteiger partial charge in [0.1, 0.15) is 5.69 Å². The van der Waals surface area contributed by atoms with E-state index in [1.807, 2.05) is 36.4 Å². The van der Waals surface area contributed by atoms with Crippen LogP contribution >= 0.6 is 0 Å². The van der Waals surface area contributed by atoms with E-state index in [2.05, 4.69) is 0 Å². The van der Waals surface area contributed by atoms with Gasteiger partial charge in [0.15, 0.2) is 5.78 Å². The quantitative estimate of drug-likeness (QED) is 0.508. The molecule has 2 aliphatic rings. The van der Waals surface area contributed by atoms with E-state index >= 15 is 0 Å². The van der Waals surface area contributed by atoms with Crippen molar-refractivity contribution in [2.45, 2.75) is 30.6 Å². The van der Waals surface area contributed by atoms with Crippen LogP contribution in [0, 0.1) is 0 Å². The molecule has 1 aromatic heterocycles. The lowest BCUT2D eigenvalue weighted by Gasteiger charge is -2.34. The monoisotopic (exact) mass is 478 g/mol. The molecule has 5 rings (SSSR count). The number of piperazine rings is 1. The van der Waals surface area contributed by atoms with Crippen molar-refractivity contribution in [1.29, 1.82) is 0 Å². The van der Waals surface area contributed by atoms with Crippen molar-refractivity contribution in [2.24, 2.45) is 0 Å². The Morgan fingerprint density at radius 2 is 1.56 bits per heavy atom. The third-order valence-electron chi connectivity index (χ3n) is 6.37. The first-order valence-electron chi connectivity index (χ1n) is 11.4. The SMILES string of the molecule is CC(=O)c1ccc(S(=O)(=O)N2CCN(C(=O)c3cc(C4CC4)nn3-c3ccccc3)CC2)cc1. The van der Waals surface area contributed by atoms with Crippen molar-refractivity contribution in [3.63, 3.8) is 0 Å². The van der Waals surface area contributed by atoms with Gasteiger partial charge in [-0.1, -0.05) is 30.3 Å². The van der Waals surface area contributed by atoms with Gasteiger partial charge in [0.25, 0.3) is 5.91 Å². The molecule has 0 N–H and O–H groups in total. The molecule has 2 fully saturated rings. The summed E-state index contributed by atoms with van der Waals surface area (Å²) in [5, 5.41) is 4.71. The first kappa shape index (κ1) is 22.5. The Morgan fingerprint density at radius 1 is 0.912 bits per heavy atom. The molecule has 1 saturated heterocycles. The van der Waals surface area contributed by atoms with E-state index in [1.54, 1.807) is 9.58 Å². The van der Waals surface area contributed by atoms with E-state index < -0.39 is 10.0 Å². The summed E-state index contributed by atoms with van der Waals surface area (Å²) in [6.45, 7) is 2.44. The number of rotatable bonds is 6. The van der Waals surface area contributed by atoms with Crippen LogP contribution in [0.2, 0.25) is 0 Å². The molecule has 1 saturated carbocycles. The summed E-state index contributed by atoms with van der Waals surface area (Å²) in [4.78, 5) is 26.8. The van der Waals surface area contributed by atoms with Gasteiger partial charge in [-0.2, -0.15) is 9.40 Å². The molecule has 8 nitrogen and oxygen atoms in total. The molecule has 176 valence electrons. The second-order valence-electron chi connectivity index (χ2n) is 8.75. The molecule has 0 unspecified atom stereocenters. The zero-order valence-electron chi connectivity index (χ0n) is 18.9. The van der Waals surface area contributed by atoms with Crippen molar-refractivity contribution in [3.05, 3.63) is 77.6 Å². The van der Waals surface area contributed by atoms with Gasteiger partial charge in [-0.05, 0) is 50.1 Å². The number of aromatic nitrogens is 2. The average Bonchev–Trinajstić information content (AvgIpc) is 3.62. The Balaban J connectivity index is 1.32. The van der Waals surface area contributed by atoms with E-state index in [-0.39, 0.29) is 29.7 Å². The van der Waals surface area contributed by atoms with Gasteiger partial charge in [0.05, 0.1) is 16.3 Å². The highest BCUT2D eigenvalue weighted by molar-refractivity contribution is 7.89. The highest BCUT2D eigenvalue weighted by atomic mass is 32.2. The van der Waals surface area contributed by atoms with Gasteiger partial charge in [0.2, 0.25) is 10.0 Å². The fourth-order valence-electron chi connectivity index (χ4n) is 4.20. The Hall–Kier alpha value is -3.30. The van der Waals surface area contributed by atoms with E-state index in [0.717, 1.165) is 24.2 Å². The summed E-state index contributed by atoms with van der Waals surface area (Å²) in [5.74, 6) is 0.148. The highest BCUT2D eigenvalue weighted by Gasteiger charge is 2.33. The van der Waals surface area contributed by atoms with Crippen LogP contribution in [0.4, 0.5) is 0 Å². The highest BCUT2D eigenvalue weighted by Crippen LogP contribution is 2.40. The molecule has 0 atom stereocenters. The summed E-state index contributed by atoms with van der Waals surface area (Å²) < 4.78 is 29.2. The third kappa shape index (κ3) is 4.28. The van der Waals surface area contributed by atoms with Gasteiger partial charge >= 0.3 is 0 Å². The summed E-state index contributed by atoms with van der Waals surface area (Å²) in [6.07, 6.45) is 2.17. The number of carbonyl (C=O) groups is 2. The molecular weight excluding hydrogens is 452 g/mol. The number of amides is 1. The number of sulfonamides is 1. The summed E-state index contributed by atoms with van der Waals surface area (Å²) in [7, 11) is -3.70. The lowest BCUT2D eigenvalue weighted by molar-refractivity contribution is 0.0688. The summed E-state index contributed by atoms with van der Waals surface area (Å²) in [6, 6.07) is 17.4. The smallest absolute Gasteiger partial charge is 0.272 e. The van der Waals surface area contributed by atoms with Gasteiger partial charge in [0, 0.05) is 37.7 Å². The predicted octanol–water partition coefficient (Wildman–Crippen LogP) is 3.10. The number of Topliss-reactive ketones (excluding diaryl/α,β-unsaturated/α-hetero) is 1. The maximum Gasteiger partial charge on any atom is 0.272 e.